The van der Waals surface area contributed by atoms with E-state index >= 15 is 0 Å². The molecule has 0 saturated heterocycles. The maximum absolute atomic E-state index is 11.6. The minimum Gasteiger partial charge on any atom is -0.336 e. The van der Waals surface area contributed by atoms with Gasteiger partial charge in [-0.15, -0.1) is 0 Å². The van der Waals surface area contributed by atoms with Crippen molar-refractivity contribution in [1.29, 1.82) is 0 Å². The summed E-state index contributed by atoms with van der Waals surface area (Å²) in [6.07, 6.45) is 0. The number of rotatable bonds is 5. The Morgan fingerprint density at radius 3 is 2.00 bits per heavy atom. The normalized spacial score (nSPS) is 13.1. The predicted octanol–water partition coefficient (Wildman–Crippen LogP) is 4.66. The highest BCUT2D eigenvalue weighted by atomic mass is 31.1. The Balaban J connectivity index is 2.22. The van der Waals surface area contributed by atoms with Crippen molar-refractivity contribution in [3.8, 4) is 0 Å². The van der Waals surface area contributed by atoms with Crippen LogP contribution in [-0.4, -0.2) is 4.89 Å². The van der Waals surface area contributed by atoms with Crippen molar-refractivity contribution in [3.05, 3.63) is 65.7 Å². The molecular weight excluding hydrogens is 269 g/mol. The summed E-state index contributed by atoms with van der Waals surface area (Å²) in [5.74, 6) is -0.138. The average molecular weight is 288 g/mol. The fraction of sp³-hybridized carbons (Fsp3) is 0.250. The van der Waals surface area contributed by atoms with Crippen molar-refractivity contribution in [3.63, 3.8) is 0 Å². The van der Waals surface area contributed by atoms with Gasteiger partial charge in [0.05, 0.1) is 0 Å². The van der Waals surface area contributed by atoms with Gasteiger partial charge in [0.15, 0.2) is 0 Å². The lowest BCUT2D eigenvalue weighted by Gasteiger charge is -2.11. The van der Waals surface area contributed by atoms with Crippen LogP contribution < -0.4 is 5.32 Å². The molecule has 0 amide bonds. The molecule has 0 heterocycles. The van der Waals surface area contributed by atoms with E-state index in [0.29, 0.717) is 5.92 Å². The predicted molar refractivity (Wildman–Crippen MR) is 83.2 cm³/mol. The summed E-state index contributed by atoms with van der Waals surface area (Å²) in [6, 6.07) is 17.3. The van der Waals surface area contributed by atoms with Crippen LogP contribution in [0.15, 0.2) is 54.6 Å². The van der Waals surface area contributed by atoms with Gasteiger partial charge in [-0.05, 0) is 28.2 Å². The van der Waals surface area contributed by atoms with Crippen molar-refractivity contribution < 1.29 is 9.46 Å². The van der Waals surface area contributed by atoms with Gasteiger partial charge in [-0.3, -0.25) is 0 Å². The molecule has 2 atom stereocenters. The van der Waals surface area contributed by atoms with Gasteiger partial charge in [0.2, 0.25) is 0 Å². The first-order chi connectivity index (χ1) is 9.58. The standard InChI is InChI=1S/C16H18NO2P/c1-12(2)13-8-10-14(11-9-13)16(20(18)19)17-15-6-4-3-5-7-15/h3-12,16-17H,1-2H3/p+1. The molecule has 20 heavy (non-hydrogen) atoms. The van der Waals surface area contributed by atoms with Crippen LogP contribution in [0.3, 0.4) is 0 Å². The number of hydrogen-bond acceptors (Lipinski definition) is 2. The van der Waals surface area contributed by atoms with Gasteiger partial charge < -0.3 is 5.32 Å². The second kappa shape index (κ2) is 6.65. The number of nitrogens with one attached hydrogen (secondary N) is 1. The summed E-state index contributed by atoms with van der Waals surface area (Å²) >= 11 is 0. The summed E-state index contributed by atoms with van der Waals surface area (Å²) in [4.78, 5) is 9.55. The average Bonchev–Trinajstić information content (AvgIpc) is 2.45. The second-order valence-electron chi connectivity index (χ2n) is 5.04. The van der Waals surface area contributed by atoms with Crippen LogP contribution in [0.4, 0.5) is 5.69 Å². The molecule has 2 aromatic carbocycles. The second-order valence-corrected chi connectivity index (χ2v) is 6.16. The van der Waals surface area contributed by atoms with Crippen LogP contribution in [0.25, 0.3) is 0 Å². The van der Waals surface area contributed by atoms with Gasteiger partial charge in [0.1, 0.15) is 0 Å². The van der Waals surface area contributed by atoms with E-state index in [2.05, 4.69) is 19.2 Å². The van der Waals surface area contributed by atoms with Crippen LogP contribution in [0.1, 0.15) is 36.7 Å². The molecule has 0 bridgehead atoms. The molecule has 0 aliphatic heterocycles. The summed E-state index contributed by atoms with van der Waals surface area (Å²) in [7, 11) is -2.35. The summed E-state index contributed by atoms with van der Waals surface area (Å²) in [5.41, 5.74) is 2.88. The Kier molecular flexibility index (Phi) is 4.89. The Morgan fingerprint density at radius 2 is 1.50 bits per heavy atom. The highest BCUT2D eigenvalue weighted by Crippen LogP contribution is 2.38. The smallest absolute Gasteiger partial charge is 0.336 e. The first-order valence-corrected chi connectivity index (χ1v) is 7.93. The van der Waals surface area contributed by atoms with Crippen molar-refractivity contribution in [2.75, 3.05) is 5.32 Å². The fourth-order valence-corrected chi connectivity index (χ4v) is 2.71. The molecule has 2 unspecified atom stereocenters. The third kappa shape index (κ3) is 3.66. The third-order valence-electron chi connectivity index (χ3n) is 3.22. The SMILES string of the molecule is CC(C)c1ccc(C(Nc2ccccc2)[P+](=O)O)cc1. The van der Waals surface area contributed by atoms with Crippen LogP contribution in [0.5, 0.6) is 0 Å². The lowest BCUT2D eigenvalue weighted by Crippen LogP contribution is -2.07. The molecule has 104 valence electrons. The monoisotopic (exact) mass is 288 g/mol. The molecule has 4 heteroatoms. The van der Waals surface area contributed by atoms with E-state index in [0.717, 1.165) is 11.3 Å². The molecule has 0 saturated carbocycles. The van der Waals surface area contributed by atoms with Crippen molar-refractivity contribution >= 4 is 13.7 Å². The van der Waals surface area contributed by atoms with Crippen LogP contribution in [-0.2, 0) is 4.57 Å². The summed E-state index contributed by atoms with van der Waals surface area (Å²) < 4.78 is 11.6. The van der Waals surface area contributed by atoms with E-state index in [9.17, 15) is 9.46 Å². The van der Waals surface area contributed by atoms with Gasteiger partial charge in [0.25, 0.3) is 5.78 Å². The lowest BCUT2D eigenvalue weighted by atomic mass is 10.0. The van der Waals surface area contributed by atoms with E-state index in [4.69, 9.17) is 0 Å². The van der Waals surface area contributed by atoms with Gasteiger partial charge in [-0.2, -0.15) is 4.89 Å². The van der Waals surface area contributed by atoms with Gasteiger partial charge in [0, 0.05) is 11.3 Å². The molecule has 0 radical (unpaired) electrons. The highest BCUT2D eigenvalue weighted by molar-refractivity contribution is 7.38. The van der Waals surface area contributed by atoms with Gasteiger partial charge in [-0.25, -0.2) is 0 Å². The molecular formula is C16H19NO2P+. The van der Waals surface area contributed by atoms with Crippen molar-refractivity contribution in [2.45, 2.75) is 25.5 Å². The minimum atomic E-state index is -2.35. The molecule has 2 N–H and O–H groups in total. The Bertz CT molecular complexity index is 567. The number of hydrogen-bond donors (Lipinski definition) is 2. The highest BCUT2D eigenvalue weighted by Gasteiger charge is 2.30. The topological polar surface area (TPSA) is 49.3 Å². The van der Waals surface area contributed by atoms with E-state index in [-0.39, 0.29) is 0 Å². The van der Waals surface area contributed by atoms with Crippen LogP contribution >= 0.6 is 8.03 Å². The number of benzene rings is 2. The third-order valence-corrected chi connectivity index (χ3v) is 4.09. The van der Waals surface area contributed by atoms with E-state index < -0.39 is 13.8 Å². The first kappa shape index (κ1) is 14.7. The Hall–Kier alpha value is -1.70. The molecule has 0 aliphatic carbocycles. The Labute approximate surface area is 120 Å². The zero-order chi connectivity index (χ0) is 14.5. The lowest BCUT2D eigenvalue weighted by molar-refractivity contribution is 0.494. The summed E-state index contributed by atoms with van der Waals surface area (Å²) in [5, 5.41) is 3.11. The minimum absolute atomic E-state index is 0.451. The first-order valence-electron chi connectivity index (χ1n) is 6.64. The van der Waals surface area contributed by atoms with E-state index in [1.165, 1.54) is 5.56 Å². The number of anilines is 1. The quantitative estimate of drug-likeness (QED) is 0.787. The van der Waals surface area contributed by atoms with Gasteiger partial charge >= 0.3 is 8.03 Å². The zero-order valence-electron chi connectivity index (χ0n) is 11.7. The number of para-hydroxylation sites is 1. The Morgan fingerprint density at radius 1 is 0.950 bits per heavy atom. The van der Waals surface area contributed by atoms with Gasteiger partial charge in [-0.1, -0.05) is 56.3 Å². The molecule has 0 aromatic heterocycles. The van der Waals surface area contributed by atoms with Crippen molar-refractivity contribution in [1.82, 2.24) is 0 Å². The molecule has 2 aromatic rings. The van der Waals surface area contributed by atoms with Crippen LogP contribution in [0.2, 0.25) is 0 Å². The molecule has 0 fully saturated rings. The zero-order valence-corrected chi connectivity index (χ0v) is 12.5. The van der Waals surface area contributed by atoms with E-state index in [1.54, 1.807) is 0 Å². The molecule has 0 spiro atoms. The molecule has 3 nitrogen and oxygen atoms in total. The fourth-order valence-electron chi connectivity index (χ4n) is 2.02. The maximum atomic E-state index is 11.6. The van der Waals surface area contributed by atoms with E-state index in [1.807, 2.05) is 54.6 Å². The van der Waals surface area contributed by atoms with Crippen LogP contribution in [0, 0.1) is 0 Å². The largest absolute Gasteiger partial charge is 0.535 e. The summed E-state index contributed by atoms with van der Waals surface area (Å²) in [6.45, 7) is 4.25. The molecule has 2 rings (SSSR count). The van der Waals surface area contributed by atoms with Crippen molar-refractivity contribution in [2.24, 2.45) is 0 Å². The molecule has 0 aliphatic rings. The maximum Gasteiger partial charge on any atom is 0.535 e.